The van der Waals surface area contributed by atoms with Crippen LogP contribution in [0.4, 0.5) is 0 Å². The summed E-state index contributed by atoms with van der Waals surface area (Å²) < 4.78 is 9.07. The highest BCUT2D eigenvalue weighted by molar-refractivity contribution is 5.94. The third-order valence-electron chi connectivity index (χ3n) is 5.50. The average Bonchev–Trinajstić information content (AvgIpc) is 3.16. The fourth-order valence-corrected chi connectivity index (χ4v) is 3.63. The molecule has 3 rings (SSSR count). The fraction of sp³-hybridized carbons (Fsp3) is 0.435. The topological polar surface area (TPSA) is 65.2 Å². The number of aromatic nitrogens is 4. The van der Waals surface area contributed by atoms with Crippen molar-refractivity contribution in [2.75, 3.05) is 20.3 Å². The van der Waals surface area contributed by atoms with E-state index < -0.39 is 0 Å². The Bertz CT molecular complexity index is 1020. The Hall–Kier alpha value is -2.93. The van der Waals surface area contributed by atoms with E-state index in [2.05, 4.69) is 16.3 Å². The lowest BCUT2D eigenvalue weighted by atomic mass is 10.1. The van der Waals surface area contributed by atoms with Gasteiger partial charge in [0.15, 0.2) is 0 Å². The van der Waals surface area contributed by atoms with Crippen molar-refractivity contribution in [2.45, 2.75) is 40.8 Å². The number of carbonyl (C=O) groups excluding carboxylic acids is 1. The second-order valence-corrected chi connectivity index (χ2v) is 7.77. The number of carbonyl (C=O) groups is 1. The molecule has 3 aromatic rings. The zero-order valence-electron chi connectivity index (χ0n) is 18.8. The van der Waals surface area contributed by atoms with Gasteiger partial charge in [0.1, 0.15) is 0 Å². The molecule has 0 aliphatic rings. The third-order valence-corrected chi connectivity index (χ3v) is 5.50. The molecule has 7 nitrogen and oxygen atoms in total. The summed E-state index contributed by atoms with van der Waals surface area (Å²) in [4.78, 5) is 15.1. The summed E-state index contributed by atoms with van der Waals surface area (Å²) in [6.07, 6.45) is 0. The molecule has 0 fully saturated rings. The molecule has 0 bridgehead atoms. The van der Waals surface area contributed by atoms with Crippen LogP contribution >= 0.6 is 0 Å². The highest BCUT2D eigenvalue weighted by Crippen LogP contribution is 2.17. The van der Waals surface area contributed by atoms with E-state index in [1.807, 2.05) is 73.3 Å². The van der Waals surface area contributed by atoms with Gasteiger partial charge in [0, 0.05) is 49.8 Å². The second-order valence-electron chi connectivity index (χ2n) is 7.77. The van der Waals surface area contributed by atoms with Gasteiger partial charge in [-0.05, 0) is 51.5 Å². The molecule has 1 amide bonds. The molecule has 0 aliphatic carbocycles. The Balaban J connectivity index is 1.77. The number of hydrogen-bond donors (Lipinski definition) is 0. The smallest absolute Gasteiger partial charge is 0.254 e. The summed E-state index contributed by atoms with van der Waals surface area (Å²) >= 11 is 0. The standard InChI is InChI=1S/C23H31N5O2/c1-16-13-17(2)28(24-16)14-20-7-9-21(10-8-20)23(29)27(11-12-30-6)15-22-18(3)25-26(5)19(22)4/h7-10,13H,11-12,14-15H2,1-6H3. The summed E-state index contributed by atoms with van der Waals surface area (Å²) in [5.41, 5.74) is 7.02. The maximum Gasteiger partial charge on any atom is 0.254 e. The first-order chi connectivity index (χ1) is 14.3. The third kappa shape index (κ3) is 4.79. The van der Waals surface area contributed by atoms with Crippen LogP contribution in [-0.2, 0) is 24.9 Å². The molecule has 0 radical (unpaired) electrons. The molecule has 7 heteroatoms. The summed E-state index contributed by atoms with van der Waals surface area (Å²) in [5, 5.41) is 8.99. The summed E-state index contributed by atoms with van der Waals surface area (Å²) in [6, 6.07) is 9.85. The van der Waals surface area contributed by atoms with Crippen LogP contribution < -0.4 is 0 Å². The molecule has 2 aromatic heterocycles. The molecule has 1 aromatic carbocycles. The quantitative estimate of drug-likeness (QED) is 0.573. The Morgan fingerprint density at radius 1 is 1.10 bits per heavy atom. The van der Waals surface area contributed by atoms with Gasteiger partial charge in [-0.1, -0.05) is 12.1 Å². The van der Waals surface area contributed by atoms with Crippen molar-refractivity contribution >= 4 is 5.91 Å². The molecule has 0 saturated heterocycles. The average molecular weight is 410 g/mol. The van der Waals surface area contributed by atoms with Gasteiger partial charge in [-0.15, -0.1) is 0 Å². The van der Waals surface area contributed by atoms with E-state index >= 15 is 0 Å². The van der Waals surface area contributed by atoms with Crippen molar-refractivity contribution in [3.63, 3.8) is 0 Å². The van der Waals surface area contributed by atoms with Crippen molar-refractivity contribution in [2.24, 2.45) is 7.05 Å². The van der Waals surface area contributed by atoms with E-state index in [4.69, 9.17) is 4.74 Å². The molecule has 0 atom stereocenters. The minimum absolute atomic E-state index is 0.00707. The number of amides is 1. The molecule has 160 valence electrons. The number of nitrogens with zero attached hydrogens (tertiary/aromatic N) is 5. The van der Waals surface area contributed by atoms with Crippen molar-refractivity contribution in [1.29, 1.82) is 0 Å². The number of methoxy groups -OCH3 is 1. The van der Waals surface area contributed by atoms with E-state index in [1.54, 1.807) is 7.11 Å². The van der Waals surface area contributed by atoms with Crippen LogP contribution in [0.1, 0.15) is 44.3 Å². The fourth-order valence-electron chi connectivity index (χ4n) is 3.63. The Morgan fingerprint density at radius 2 is 1.80 bits per heavy atom. The molecule has 30 heavy (non-hydrogen) atoms. The predicted molar refractivity (Wildman–Crippen MR) is 117 cm³/mol. The van der Waals surface area contributed by atoms with Crippen molar-refractivity contribution in [3.05, 3.63) is 69.8 Å². The van der Waals surface area contributed by atoms with Crippen LogP contribution in [0, 0.1) is 27.7 Å². The Labute approximate surface area is 178 Å². The highest BCUT2D eigenvalue weighted by Gasteiger charge is 2.20. The summed E-state index contributed by atoms with van der Waals surface area (Å²) in [5.74, 6) is -0.00707. The maximum atomic E-state index is 13.2. The minimum Gasteiger partial charge on any atom is -0.383 e. The number of aryl methyl sites for hydroxylation is 4. The lowest BCUT2D eigenvalue weighted by Gasteiger charge is -2.23. The van der Waals surface area contributed by atoms with Gasteiger partial charge in [0.2, 0.25) is 0 Å². The lowest BCUT2D eigenvalue weighted by molar-refractivity contribution is 0.0680. The van der Waals surface area contributed by atoms with Crippen LogP contribution in [0.2, 0.25) is 0 Å². The van der Waals surface area contributed by atoms with Crippen LogP contribution in [0.25, 0.3) is 0 Å². The van der Waals surface area contributed by atoms with Crippen LogP contribution in [0.5, 0.6) is 0 Å². The number of rotatable bonds is 8. The first-order valence-corrected chi connectivity index (χ1v) is 10.2. The van der Waals surface area contributed by atoms with Gasteiger partial charge >= 0.3 is 0 Å². The SMILES string of the molecule is COCCN(Cc1c(C)nn(C)c1C)C(=O)c1ccc(Cn2nc(C)cc2C)cc1. The van der Waals surface area contributed by atoms with Gasteiger partial charge < -0.3 is 9.64 Å². The normalized spacial score (nSPS) is 11.1. The first kappa shape index (κ1) is 21.8. The van der Waals surface area contributed by atoms with Crippen molar-refractivity contribution in [1.82, 2.24) is 24.5 Å². The van der Waals surface area contributed by atoms with Crippen LogP contribution in [0.15, 0.2) is 30.3 Å². The maximum absolute atomic E-state index is 13.2. The largest absolute Gasteiger partial charge is 0.383 e. The molecule has 0 unspecified atom stereocenters. The molecular formula is C23H31N5O2. The van der Waals surface area contributed by atoms with Gasteiger partial charge in [0.25, 0.3) is 5.91 Å². The lowest BCUT2D eigenvalue weighted by Crippen LogP contribution is -2.33. The molecule has 0 N–H and O–H groups in total. The van der Waals surface area contributed by atoms with Gasteiger partial charge in [-0.3, -0.25) is 14.2 Å². The Morgan fingerprint density at radius 3 is 2.33 bits per heavy atom. The van der Waals surface area contributed by atoms with Gasteiger partial charge in [0.05, 0.1) is 24.5 Å². The first-order valence-electron chi connectivity index (χ1n) is 10.2. The predicted octanol–water partition coefficient (Wildman–Crippen LogP) is 3.19. The van der Waals surface area contributed by atoms with E-state index in [0.717, 1.165) is 33.9 Å². The van der Waals surface area contributed by atoms with Crippen molar-refractivity contribution in [3.8, 4) is 0 Å². The van der Waals surface area contributed by atoms with Crippen LogP contribution in [-0.4, -0.2) is 50.6 Å². The molecule has 2 heterocycles. The highest BCUT2D eigenvalue weighted by atomic mass is 16.5. The molecule has 0 saturated carbocycles. The van der Waals surface area contributed by atoms with E-state index in [9.17, 15) is 4.79 Å². The van der Waals surface area contributed by atoms with Gasteiger partial charge in [-0.2, -0.15) is 10.2 Å². The van der Waals surface area contributed by atoms with Gasteiger partial charge in [-0.25, -0.2) is 0 Å². The molecular weight excluding hydrogens is 378 g/mol. The molecule has 0 aliphatic heterocycles. The number of benzene rings is 1. The number of ether oxygens (including phenoxy) is 1. The zero-order chi connectivity index (χ0) is 21.8. The Kier molecular flexibility index (Phi) is 6.72. The number of hydrogen-bond acceptors (Lipinski definition) is 4. The summed E-state index contributed by atoms with van der Waals surface area (Å²) in [7, 11) is 3.58. The zero-order valence-corrected chi connectivity index (χ0v) is 18.8. The van der Waals surface area contributed by atoms with E-state index in [0.29, 0.717) is 31.8 Å². The van der Waals surface area contributed by atoms with E-state index in [-0.39, 0.29) is 5.91 Å². The second kappa shape index (κ2) is 9.26. The minimum atomic E-state index is -0.00707. The summed E-state index contributed by atoms with van der Waals surface area (Å²) in [6.45, 7) is 10.3. The van der Waals surface area contributed by atoms with E-state index in [1.165, 1.54) is 0 Å². The van der Waals surface area contributed by atoms with Crippen molar-refractivity contribution < 1.29 is 9.53 Å². The van der Waals surface area contributed by atoms with Crippen LogP contribution in [0.3, 0.4) is 0 Å². The molecule has 0 spiro atoms. The monoisotopic (exact) mass is 409 g/mol.